The van der Waals surface area contributed by atoms with E-state index in [9.17, 15) is 0 Å². The summed E-state index contributed by atoms with van der Waals surface area (Å²) in [6.07, 6.45) is 1.14. The van der Waals surface area contributed by atoms with Crippen molar-refractivity contribution in [1.29, 1.82) is 0 Å². The fourth-order valence-electron chi connectivity index (χ4n) is 4.46. The molecule has 5 aromatic rings. The molecule has 2 aromatic heterocycles. The fourth-order valence-corrected chi connectivity index (χ4v) is 4.46. The van der Waals surface area contributed by atoms with E-state index in [1.807, 2.05) is 0 Å². The predicted octanol–water partition coefficient (Wildman–Crippen LogP) is 5.29. The smallest absolute Gasteiger partial charge is 0.126 e. The maximum Gasteiger partial charge on any atom is 0.126 e. The van der Waals surface area contributed by atoms with Gasteiger partial charge in [0.1, 0.15) is 5.65 Å². The monoisotopic (exact) mass is 308 g/mol. The average molecular weight is 308 g/mol. The summed E-state index contributed by atoms with van der Waals surface area (Å²) in [7, 11) is 0. The SMILES string of the molecule is c1ccc(-n2c3ccccc3c3c4cccc5c4n(c32)CC5)cc1. The molecule has 3 heterocycles. The first kappa shape index (κ1) is 12.4. The van der Waals surface area contributed by atoms with Gasteiger partial charge in [-0.3, -0.25) is 4.57 Å². The molecule has 0 unspecified atom stereocenters. The van der Waals surface area contributed by atoms with Crippen molar-refractivity contribution in [2.75, 3.05) is 0 Å². The molecule has 2 heteroatoms. The molecular formula is C22H16N2. The van der Waals surface area contributed by atoms with Gasteiger partial charge in [-0.2, -0.15) is 0 Å². The molecule has 24 heavy (non-hydrogen) atoms. The Hall–Kier alpha value is -3.00. The van der Waals surface area contributed by atoms with Gasteiger partial charge in [-0.15, -0.1) is 0 Å². The van der Waals surface area contributed by atoms with E-state index in [0.717, 1.165) is 13.0 Å². The Bertz CT molecular complexity index is 1240. The summed E-state index contributed by atoms with van der Waals surface area (Å²) in [5, 5.41) is 4.14. The van der Waals surface area contributed by atoms with E-state index in [4.69, 9.17) is 0 Å². The number of para-hydroxylation sites is 3. The third-order valence-corrected chi connectivity index (χ3v) is 5.38. The third-order valence-electron chi connectivity index (χ3n) is 5.38. The molecule has 0 aliphatic carbocycles. The molecule has 0 saturated carbocycles. The van der Waals surface area contributed by atoms with Crippen LogP contribution in [0.15, 0.2) is 72.8 Å². The van der Waals surface area contributed by atoms with E-state index in [2.05, 4.69) is 81.9 Å². The minimum absolute atomic E-state index is 1.07. The minimum atomic E-state index is 1.07. The van der Waals surface area contributed by atoms with Crippen molar-refractivity contribution >= 4 is 32.8 Å². The van der Waals surface area contributed by atoms with Crippen molar-refractivity contribution in [1.82, 2.24) is 9.13 Å². The van der Waals surface area contributed by atoms with Gasteiger partial charge in [0.2, 0.25) is 0 Å². The van der Waals surface area contributed by atoms with Crippen LogP contribution in [0.3, 0.4) is 0 Å². The van der Waals surface area contributed by atoms with E-state index >= 15 is 0 Å². The van der Waals surface area contributed by atoms with E-state index in [-0.39, 0.29) is 0 Å². The molecule has 2 nitrogen and oxygen atoms in total. The van der Waals surface area contributed by atoms with Crippen LogP contribution in [0.2, 0.25) is 0 Å². The zero-order valence-electron chi connectivity index (χ0n) is 13.2. The Morgan fingerprint density at radius 1 is 0.708 bits per heavy atom. The number of aryl methyl sites for hydroxylation is 2. The molecule has 0 radical (unpaired) electrons. The quantitative estimate of drug-likeness (QED) is 0.398. The number of hydrogen-bond acceptors (Lipinski definition) is 0. The lowest BCUT2D eigenvalue weighted by Gasteiger charge is -2.09. The highest BCUT2D eigenvalue weighted by Gasteiger charge is 2.24. The van der Waals surface area contributed by atoms with Crippen LogP contribution in [0, 0.1) is 0 Å². The van der Waals surface area contributed by atoms with Crippen LogP contribution in [0.1, 0.15) is 5.56 Å². The van der Waals surface area contributed by atoms with Crippen molar-refractivity contribution in [2.45, 2.75) is 13.0 Å². The Balaban J connectivity index is 1.94. The van der Waals surface area contributed by atoms with Gasteiger partial charge in [0.05, 0.1) is 11.0 Å². The van der Waals surface area contributed by atoms with Crippen LogP contribution < -0.4 is 0 Å². The predicted molar refractivity (Wildman–Crippen MR) is 100.0 cm³/mol. The van der Waals surface area contributed by atoms with Crippen molar-refractivity contribution in [3.8, 4) is 5.69 Å². The van der Waals surface area contributed by atoms with E-state index in [0.29, 0.717) is 0 Å². The van der Waals surface area contributed by atoms with E-state index in [1.54, 1.807) is 0 Å². The molecule has 0 fully saturated rings. The zero-order valence-corrected chi connectivity index (χ0v) is 13.2. The van der Waals surface area contributed by atoms with E-state index in [1.165, 1.54) is 44.1 Å². The van der Waals surface area contributed by atoms with Gasteiger partial charge >= 0.3 is 0 Å². The Morgan fingerprint density at radius 3 is 2.42 bits per heavy atom. The van der Waals surface area contributed by atoms with Crippen molar-refractivity contribution < 1.29 is 0 Å². The second-order valence-corrected chi connectivity index (χ2v) is 6.60. The molecule has 1 aliphatic rings. The van der Waals surface area contributed by atoms with Crippen LogP contribution in [0.25, 0.3) is 38.5 Å². The summed E-state index contributed by atoms with van der Waals surface area (Å²) >= 11 is 0. The molecule has 114 valence electrons. The summed E-state index contributed by atoms with van der Waals surface area (Å²) in [5.41, 5.74) is 6.76. The number of benzene rings is 3. The van der Waals surface area contributed by atoms with Crippen molar-refractivity contribution in [3.63, 3.8) is 0 Å². The highest BCUT2D eigenvalue weighted by molar-refractivity contribution is 6.22. The maximum atomic E-state index is 2.52. The first-order valence-corrected chi connectivity index (χ1v) is 8.52. The molecule has 0 amide bonds. The number of aromatic nitrogens is 2. The summed E-state index contributed by atoms with van der Waals surface area (Å²) < 4.78 is 4.95. The topological polar surface area (TPSA) is 9.86 Å². The van der Waals surface area contributed by atoms with Crippen LogP contribution in [-0.4, -0.2) is 9.13 Å². The van der Waals surface area contributed by atoms with Crippen LogP contribution in [0.4, 0.5) is 0 Å². The lowest BCUT2D eigenvalue weighted by molar-refractivity contribution is 0.781. The summed E-state index contributed by atoms with van der Waals surface area (Å²) in [6, 6.07) is 26.3. The zero-order chi connectivity index (χ0) is 15.7. The molecule has 3 aromatic carbocycles. The summed E-state index contributed by atoms with van der Waals surface area (Å²) in [4.78, 5) is 0. The summed E-state index contributed by atoms with van der Waals surface area (Å²) in [6.45, 7) is 1.07. The number of nitrogens with zero attached hydrogens (tertiary/aromatic N) is 2. The van der Waals surface area contributed by atoms with Gasteiger partial charge in [-0.05, 0) is 30.2 Å². The van der Waals surface area contributed by atoms with Gasteiger partial charge in [0.15, 0.2) is 0 Å². The average Bonchev–Trinajstić information content (AvgIpc) is 3.30. The van der Waals surface area contributed by atoms with Gasteiger partial charge in [-0.1, -0.05) is 54.6 Å². The Kier molecular flexibility index (Phi) is 2.22. The standard InChI is InChI=1S/C22H16N2/c1-2-8-16(9-3-1)24-19-12-5-4-10-17(19)20-18-11-6-7-15-13-14-23(21(15)18)22(20)24/h1-12H,13-14H2. The molecule has 0 saturated heterocycles. The van der Waals surface area contributed by atoms with Crippen LogP contribution in [0.5, 0.6) is 0 Å². The molecule has 1 aliphatic heterocycles. The maximum absolute atomic E-state index is 2.52. The normalized spacial score (nSPS) is 13.5. The summed E-state index contributed by atoms with van der Waals surface area (Å²) in [5.74, 6) is 0. The van der Waals surface area contributed by atoms with Crippen LogP contribution in [-0.2, 0) is 13.0 Å². The van der Waals surface area contributed by atoms with Crippen molar-refractivity contribution in [2.24, 2.45) is 0 Å². The van der Waals surface area contributed by atoms with Crippen LogP contribution >= 0.6 is 0 Å². The molecule has 6 rings (SSSR count). The Labute approximate surface area is 139 Å². The van der Waals surface area contributed by atoms with Gasteiger partial charge in [-0.25, -0.2) is 0 Å². The molecule has 0 N–H and O–H groups in total. The fraction of sp³-hybridized carbons (Fsp3) is 0.0909. The largest absolute Gasteiger partial charge is 0.326 e. The lowest BCUT2D eigenvalue weighted by Crippen LogP contribution is -2.00. The first-order valence-electron chi connectivity index (χ1n) is 8.52. The highest BCUT2D eigenvalue weighted by atomic mass is 15.1. The number of fused-ring (bicyclic) bond motifs is 5. The van der Waals surface area contributed by atoms with Gasteiger partial charge in [0.25, 0.3) is 0 Å². The Morgan fingerprint density at radius 2 is 1.50 bits per heavy atom. The van der Waals surface area contributed by atoms with E-state index < -0.39 is 0 Å². The molecule has 0 bridgehead atoms. The highest BCUT2D eigenvalue weighted by Crippen LogP contribution is 2.42. The lowest BCUT2D eigenvalue weighted by atomic mass is 10.1. The van der Waals surface area contributed by atoms with Gasteiger partial charge in [0, 0.05) is 28.4 Å². The van der Waals surface area contributed by atoms with Crippen molar-refractivity contribution in [3.05, 3.63) is 78.4 Å². The second-order valence-electron chi connectivity index (χ2n) is 6.60. The molecular weight excluding hydrogens is 292 g/mol. The second kappa shape index (κ2) is 4.30. The minimum Gasteiger partial charge on any atom is -0.326 e. The third kappa shape index (κ3) is 1.37. The number of hydrogen-bond donors (Lipinski definition) is 0. The molecule has 0 atom stereocenters. The number of rotatable bonds is 1. The molecule has 0 spiro atoms. The van der Waals surface area contributed by atoms with Gasteiger partial charge < -0.3 is 4.57 Å². The first-order chi connectivity index (χ1) is 11.9.